The summed E-state index contributed by atoms with van der Waals surface area (Å²) in [6.07, 6.45) is 1.03. The maximum atomic E-state index is 13.1. The van der Waals surface area contributed by atoms with E-state index in [0.717, 1.165) is 38.3 Å². The molecule has 8 nitrogen and oxygen atoms in total. The molecule has 0 unspecified atom stereocenters. The number of likely N-dealkylation sites (N-methyl/N-ethyl adjacent to an activating group) is 1. The lowest BCUT2D eigenvalue weighted by Crippen LogP contribution is -2.57. The zero-order chi connectivity index (χ0) is 23.7. The van der Waals surface area contributed by atoms with Crippen molar-refractivity contribution in [1.82, 2.24) is 18.4 Å². The Bertz CT molecular complexity index is 1120. The smallest absolute Gasteiger partial charge is 0.282 e. The van der Waals surface area contributed by atoms with Gasteiger partial charge < -0.3 is 14.7 Å². The number of nitrogens with zero attached hydrogens (tertiary/aromatic N) is 5. The topological polar surface area (TPSA) is 67.4 Å². The Morgan fingerprint density at radius 3 is 1.97 bits per heavy atom. The van der Waals surface area contributed by atoms with Crippen molar-refractivity contribution in [2.24, 2.45) is 0 Å². The molecule has 2 aromatic carbocycles. The van der Waals surface area contributed by atoms with E-state index < -0.39 is 10.2 Å². The van der Waals surface area contributed by atoms with Gasteiger partial charge in [0.25, 0.3) is 16.1 Å². The average Bonchev–Trinajstić information content (AvgIpc) is 2.88. The molecule has 182 valence electrons. The maximum Gasteiger partial charge on any atom is 0.282 e. The zero-order valence-corrected chi connectivity index (χ0v) is 20.6. The second-order valence-electron chi connectivity index (χ2n) is 9.39. The van der Waals surface area contributed by atoms with Crippen LogP contribution >= 0.6 is 0 Å². The second kappa shape index (κ2) is 9.65. The fourth-order valence-electron chi connectivity index (χ4n) is 5.02. The summed E-state index contributed by atoms with van der Waals surface area (Å²) < 4.78 is 29.1. The van der Waals surface area contributed by atoms with E-state index in [0.29, 0.717) is 44.8 Å². The third-order valence-corrected chi connectivity index (χ3v) is 9.29. The predicted octanol–water partition coefficient (Wildman–Crippen LogP) is 1.50. The lowest BCUT2D eigenvalue weighted by molar-refractivity contribution is 0.0692. The van der Waals surface area contributed by atoms with E-state index in [1.807, 2.05) is 31.3 Å². The monoisotopic (exact) mass is 483 g/mol. The van der Waals surface area contributed by atoms with Crippen LogP contribution < -0.4 is 4.90 Å². The summed E-state index contributed by atoms with van der Waals surface area (Å²) in [5.41, 5.74) is 4.54. The number of amides is 1. The Morgan fingerprint density at radius 2 is 1.32 bits per heavy atom. The van der Waals surface area contributed by atoms with Crippen LogP contribution in [0.5, 0.6) is 0 Å². The van der Waals surface area contributed by atoms with Gasteiger partial charge in [-0.05, 0) is 48.9 Å². The van der Waals surface area contributed by atoms with E-state index >= 15 is 0 Å². The highest BCUT2D eigenvalue weighted by molar-refractivity contribution is 7.86. The van der Waals surface area contributed by atoms with Gasteiger partial charge in [0.2, 0.25) is 0 Å². The molecule has 0 atom stereocenters. The largest absolute Gasteiger partial charge is 0.367 e. The van der Waals surface area contributed by atoms with Crippen molar-refractivity contribution in [2.45, 2.75) is 13.0 Å². The molecule has 2 saturated heterocycles. The van der Waals surface area contributed by atoms with Crippen molar-refractivity contribution >= 4 is 21.8 Å². The highest BCUT2D eigenvalue weighted by atomic mass is 32.2. The van der Waals surface area contributed by atoms with Gasteiger partial charge in [-0.3, -0.25) is 4.79 Å². The van der Waals surface area contributed by atoms with Crippen molar-refractivity contribution < 1.29 is 13.2 Å². The minimum Gasteiger partial charge on any atom is -0.367 e. The van der Waals surface area contributed by atoms with Crippen LogP contribution in [-0.2, 0) is 23.2 Å². The van der Waals surface area contributed by atoms with Crippen LogP contribution in [0.4, 0.5) is 5.69 Å². The molecule has 0 radical (unpaired) electrons. The van der Waals surface area contributed by atoms with E-state index in [1.54, 1.807) is 9.21 Å². The SMILES string of the molecule is CN1CCN(S(=O)(=O)N2CCN(C(=O)c3ccc(N4CCc5ccccc5C4)cc3)CC2)CC1. The van der Waals surface area contributed by atoms with E-state index in [1.165, 1.54) is 15.4 Å². The third kappa shape index (κ3) is 4.70. The standard InChI is InChI=1S/C25H33N5O3S/c1-26-12-16-29(17-13-26)34(32,33)30-18-14-27(15-19-30)25(31)22-6-8-24(9-7-22)28-11-10-21-4-2-3-5-23(21)20-28/h2-9H,10-20H2,1H3. The number of fused-ring (bicyclic) bond motifs is 1. The molecule has 0 bridgehead atoms. The minimum atomic E-state index is -3.47. The van der Waals surface area contributed by atoms with Gasteiger partial charge in [0, 0.05) is 76.7 Å². The predicted molar refractivity (Wildman–Crippen MR) is 133 cm³/mol. The van der Waals surface area contributed by atoms with Crippen LogP contribution in [0.2, 0.25) is 0 Å². The van der Waals surface area contributed by atoms with Gasteiger partial charge in [-0.15, -0.1) is 0 Å². The van der Waals surface area contributed by atoms with Crippen LogP contribution in [0.3, 0.4) is 0 Å². The number of anilines is 1. The number of rotatable bonds is 4. The average molecular weight is 484 g/mol. The first-order valence-corrected chi connectivity index (χ1v) is 13.5. The lowest BCUT2D eigenvalue weighted by Gasteiger charge is -2.39. The van der Waals surface area contributed by atoms with Gasteiger partial charge in [-0.1, -0.05) is 24.3 Å². The summed E-state index contributed by atoms with van der Waals surface area (Å²) in [4.78, 5) is 19.3. The normalized spacial score (nSPS) is 20.9. The molecule has 0 spiro atoms. The number of piperazine rings is 2. The highest BCUT2D eigenvalue weighted by Crippen LogP contribution is 2.25. The van der Waals surface area contributed by atoms with Crippen LogP contribution in [-0.4, -0.2) is 98.7 Å². The fraction of sp³-hybridized carbons (Fsp3) is 0.480. The first kappa shape index (κ1) is 23.3. The molecule has 0 aliphatic carbocycles. The molecule has 3 aliphatic rings. The van der Waals surface area contributed by atoms with Gasteiger partial charge in [0.15, 0.2) is 0 Å². The first-order valence-electron chi connectivity index (χ1n) is 12.1. The molecular formula is C25H33N5O3S. The van der Waals surface area contributed by atoms with Crippen LogP contribution in [0.1, 0.15) is 21.5 Å². The molecule has 0 N–H and O–H groups in total. The van der Waals surface area contributed by atoms with Crippen molar-refractivity contribution in [3.8, 4) is 0 Å². The van der Waals surface area contributed by atoms with Crippen molar-refractivity contribution in [1.29, 1.82) is 0 Å². The van der Waals surface area contributed by atoms with Gasteiger partial charge in [-0.25, -0.2) is 0 Å². The highest BCUT2D eigenvalue weighted by Gasteiger charge is 2.34. The fourth-order valence-corrected chi connectivity index (χ4v) is 6.59. The van der Waals surface area contributed by atoms with Crippen LogP contribution in [0, 0.1) is 0 Å². The summed E-state index contributed by atoms with van der Waals surface area (Å²) in [5.74, 6) is -0.0350. The van der Waals surface area contributed by atoms with Crippen LogP contribution in [0.25, 0.3) is 0 Å². The van der Waals surface area contributed by atoms with E-state index in [-0.39, 0.29) is 5.91 Å². The molecule has 2 fully saturated rings. The molecule has 3 heterocycles. The Labute approximate surface area is 202 Å². The maximum absolute atomic E-state index is 13.1. The Kier molecular flexibility index (Phi) is 6.61. The van der Waals surface area contributed by atoms with Crippen molar-refractivity contribution in [3.05, 3.63) is 65.2 Å². The Hall–Kier alpha value is -2.46. The quantitative estimate of drug-likeness (QED) is 0.660. The van der Waals surface area contributed by atoms with E-state index in [9.17, 15) is 13.2 Å². The number of benzene rings is 2. The van der Waals surface area contributed by atoms with Gasteiger partial charge in [0.1, 0.15) is 0 Å². The molecule has 34 heavy (non-hydrogen) atoms. The molecule has 0 saturated carbocycles. The minimum absolute atomic E-state index is 0.0350. The summed E-state index contributed by atoms with van der Waals surface area (Å²) in [5, 5.41) is 0. The molecule has 2 aromatic rings. The molecule has 5 rings (SSSR count). The number of hydrogen-bond donors (Lipinski definition) is 0. The first-order chi connectivity index (χ1) is 16.4. The molecule has 1 amide bonds. The van der Waals surface area contributed by atoms with Gasteiger partial charge >= 0.3 is 0 Å². The third-order valence-electron chi connectivity index (χ3n) is 7.25. The van der Waals surface area contributed by atoms with E-state index in [2.05, 4.69) is 34.1 Å². The van der Waals surface area contributed by atoms with Crippen LogP contribution in [0.15, 0.2) is 48.5 Å². The number of hydrogen-bond acceptors (Lipinski definition) is 5. The summed E-state index contributed by atoms with van der Waals surface area (Å²) in [7, 11) is -1.46. The van der Waals surface area contributed by atoms with Crippen molar-refractivity contribution in [3.63, 3.8) is 0 Å². The Balaban J connectivity index is 1.18. The molecule has 9 heteroatoms. The van der Waals surface area contributed by atoms with Crippen molar-refractivity contribution in [2.75, 3.05) is 70.9 Å². The number of carbonyl (C=O) groups is 1. The lowest BCUT2D eigenvalue weighted by atomic mass is 9.99. The second-order valence-corrected chi connectivity index (χ2v) is 11.3. The molecule has 0 aromatic heterocycles. The van der Waals surface area contributed by atoms with E-state index in [4.69, 9.17) is 0 Å². The summed E-state index contributed by atoms with van der Waals surface area (Å²) in [6, 6.07) is 16.4. The van der Waals surface area contributed by atoms with Gasteiger partial charge in [-0.2, -0.15) is 17.0 Å². The number of carbonyl (C=O) groups excluding carboxylic acids is 1. The molecule has 3 aliphatic heterocycles. The Morgan fingerprint density at radius 1 is 0.735 bits per heavy atom. The summed E-state index contributed by atoms with van der Waals surface area (Å²) in [6.45, 7) is 5.89. The zero-order valence-electron chi connectivity index (χ0n) is 19.8. The molecular weight excluding hydrogens is 450 g/mol. The summed E-state index contributed by atoms with van der Waals surface area (Å²) >= 11 is 0. The van der Waals surface area contributed by atoms with Gasteiger partial charge in [0.05, 0.1) is 0 Å².